The van der Waals surface area contributed by atoms with Gasteiger partial charge < -0.3 is 15.2 Å². The van der Waals surface area contributed by atoms with E-state index in [1.165, 1.54) is 31.4 Å². The normalized spacial score (nSPS) is 11.4. The topological polar surface area (TPSA) is 140 Å². The van der Waals surface area contributed by atoms with Crippen LogP contribution < -0.4 is 44.7 Å². The number of hydrogen-bond donors (Lipinski definition) is 2. The van der Waals surface area contributed by atoms with Crippen LogP contribution in [0.3, 0.4) is 0 Å². The minimum atomic E-state index is -4.65. The number of methoxy groups -OCH3 is 1. The second-order valence-corrected chi connectivity index (χ2v) is 10.2. The van der Waals surface area contributed by atoms with Crippen LogP contribution in [0.4, 0.5) is 17.1 Å². The molecule has 0 heterocycles. The molecule has 0 unspecified atom stereocenters. The van der Waals surface area contributed by atoms with Gasteiger partial charge in [0, 0.05) is 22.0 Å². The van der Waals surface area contributed by atoms with E-state index in [2.05, 4.69) is 15.5 Å². The molecule has 13 heteroatoms. The largest absolute Gasteiger partial charge is 1.00 e. The van der Waals surface area contributed by atoms with Gasteiger partial charge in [-0.2, -0.15) is 13.5 Å². The third-order valence-electron chi connectivity index (χ3n) is 5.69. The first-order valence-electron chi connectivity index (χ1n) is 11.1. The maximum absolute atomic E-state index is 13.4. The minimum absolute atomic E-state index is 0. The van der Waals surface area contributed by atoms with Crippen LogP contribution in [-0.2, 0) is 16.5 Å². The van der Waals surface area contributed by atoms with Crippen molar-refractivity contribution >= 4 is 67.1 Å². The van der Waals surface area contributed by atoms with E-state index >= 15 is 0 Å². The van der Waals surface area contributed by atoms with Crippen LogP contribution in [-0.4, -0.2) is 26.0 Å². The van der Waals surface area contributed by atoms with E-state index in [1.54, 1.807) is 43.3 Å². The monoisotopic (exact) mass is 595 g/mol. The molecule has 0 saturated carbocycles. The second-order valence-electron chi connectivity index (χ2n) is 8.04. The van der Waals surface area contributed by atoms with Gasteiger partial charge in [-0.3, -0.25) is 9.35 Å². The summed E-state index contributed by atoms with van der Waals surface area (Å²) < 4.78 is 38.7. The van der Waals surface area contributed by atoms with Gasteiger partial charge in [-0.15, -0.1) is 5.11 Å². The number of benzene rings is 4. The molecule has 0 bridgehead atoms. The molecule has 0 saturated heterocycles. The van der Waals surface area contributed by atoms with E-state index in [0.717, 1.165) is 0 Å². The molecule has 0 spiro atoms. The van der Waals surface area contributed by atoms with Crippen molar-refractivity contribution in [3.8, 4) is 11.5 Å². The third-order valence-corrected chi connectivity index (χ3v) is 7.40. The van der Waals surface area contributed by atoms with Gasteiger partial charge in [0.15, 0.2) is 0 Å². The molecule has 196 valence electrons. The van der Waals surface area contributed by atoms with Gasteiger partial charge >= 0.3 is 29.6 Å². The van der Waals surface area contributed by atoms with E-state index < -0.39 is 26.7 Å². The molecule has 0 aromatic heterocycles. The number of nitrogens with zero attached hydrogens (tertiary/aromatic N) is 2. The zero-order valence-corrected chi connectivity index (χ0v) is 25.4. The van der Waals surface area contributed by atoms with Crippen LogP contribution in [0.2, 0.25) is 10.0 Å². The van der Waals surface area contributed by atoms with Gasteiger partial charge in [-0.1, -0.05) is 66.2 Å². The summed E-state index contributed by atoms with van der Waals surface area (Å²) in [6, 6.07) is 15.7. The summed E-state index contributed by atoms with van der Waals surface area (Å²) >= 11 is 12.2. The van der Waals surface area contributed by atoms with Gasteiger partial charge in [0.2, 0.25) is 0 Å². The summed E-state index contributed by atoms with van der Waals surface area (Å²) in [5.74, 6) is -1.12. The van der Waals surface area contributed by atoms with E-state index in [0.29, 0.717) is 32.8 Å². The van der Waals surface area contributed by atoms with Gasteiger partial charge in [-0.25, -0.2) is 0 Å². The van der Waals surface area contributed by atoms with Crippen molar-refractivity contribution in [1.82, 2.24) is 0 Å². The fraction of sp³-hybridized carbons (Fsp3) is 0.115. The summed E-state index contributed by atoms with van der Waals surface area (Å²) in [6.45, 7) is 1.70. The molecule has 0 fully saturated rings. The molecular formula is C26H20Cl2N3NaO6S. The SMILES string of the molecule is CCc1ccc(N=Nc2c([O-])c(C(=O)Nc3ccc(Cl)cc3OC)cc3ccccc23)c(Cl)c1S(=O)(=O)O.[Na+]. The Labute approximate surface area is 256 Å². The van der Waals surface area contributed by atoms with Gasteiger partial charge in [-0.05, 0) is 41.6 Å². The Bertz CT molecular complexity index is 1710. The Morgan fingerprint density at radius 1 is 1.08 bits per heavy atom. The molecule has 4 aromatic rings. The van der Waals surface area contributed by atoms with Crippen molar-refractivity contribution in [2.24, 2.45) is 10.2 Å². The molecule has 1 amide bonds. The van der Waals surface area contributed by atoms with Crippen molar-refractivity contribution in [2.45, 2.75) is 18.2 Å². The Balaban J connectivity index is 0.00000420. The van der Waals surface area contributed by atoms with E-state index in [-0.39, 0.29) is 57.9 Å². The molecule has 0 aliphatic rings. The number of azo groups is 1. The van der Waals surface area contributed by atoms with Crippen molar-refractivity contribution in [3.05, 3.63) is 81.8 Å². The zero-order chi connectivity index (χ0) is 27.6. The van der Waals surface area contributed by atoms with E-state index in [4.69, 9.17) is 27.9 Å². The summed E-state index contributed by atoms with van der Waals surface area (Å²) in [5, 5.41) is 25.2. The predicted octanol–water partition coefficient (Wildman–Crippen LogP) is 3.71. The standard InChI is InChI=1S/C26H21Cl2N3O6S.Na/c1-3-14-8-10-20(22(28)25(14)38(34,35)36)30-31-23-17-7-5-4-6-15(17)12-18(24(23)32)26(33)29-19-11-9-16(27)13-21(19)37-2;/h4-13,32H,3H2,1-2H3,(H,29,33)(H,34,35,36);/q;+1/p-1. The molecule has 0 aliphatic carbocycles. The molecular weight excluding hydrogens is 576 g/mol. The van der Waals surface area contributed by atoms with Crippen LogP contribution in [0, 0.1) is 0 Å². The summed E-state index contributed by atoms with van der Waals surface area (Å²) in [7, 11) is -3.23. The van der Waals surface area contributed by atoms with Crippen molar-refractivity contribution < 1.29 is 57.2 Å². The van der Waals surface area contributed by atoms with Crippen molar-refractivity contribution in [3.63, 3.8) is 0 Å². The Hall–Kier alpha value is -2.70. The molecule has 0 radical (unpaired) electrons. The first kappa shape index (κ1) is 30.8. The number of amides is 1. The predicted molar refractivity (Wildman–Crippen MR) is 144 cm³/mol. The Morgan fingerprint density at radius 3 is 2.46 bits per heavy atom. The number of ether oxygens (including phenoxy) is 1. The number of carbonyl (C=O) groups excluding carboxylic acids is 1. The zero-order valence-electron chi connectivity index (χ0n) is 21.0. The van der Waals surface area contributed by atoms with Crippen LogP contribution in [0.25, 0.3) is 10.8 Å². The number of carbonyl (C=O) groups is 1. The molecule has 4 aromatic carbocycles. The smallest absolute Gasteiger partial charge is 0.870 e. The molecule has 39 heavy (non-hydrogen) atoms. The average Bonchev–Trinajstić information content (AvgIpc) is 2.88. The first-order chi connectivity index (χ1) is 18.0. The average molecular weight is 596 g/mol. The van der Waals surface area contributed by atoms with Gasteiger partial charge in [0.05, 0.1) is 23.5 Å². The number of fused-ring (bicyclic) bond motifs is 1. The van der Waals surface area contributed by atoms with E-state index in [1.807, 2.05) is 0 Å². The quantitative estimate of drug-likeness (QED) is 0.189. The van der Waals surface area contributed by atoms with E-state index in [9.17, 15) is 22.9 Å². The number of anilines is 1. The fourth-order valence-electron chi connectivity index (χ4n) is 3.86. The number of nitrogens with one attached hydrogen (secondary N) is 1. The number of hydrogen-bond acceptors (Lipinski definition) is 7. The van der Waals surface area contributed by atoms with Crippen LogP contribution in [0.5, 0.6) is 11.5 Å². The molecule has 0 atom stereocenters. The summed E-state index contributed by atoms with van der Waals surface area (Å²) in [4.78, 5) is 12.7. The maximum atomic E-state index is 13.4. The van der Waals surface area contributed by atoms with Crippen molar-refractivity contribution in [2.75, 3.05) is 12.4 Å². The minimum Gasteiger partial charge on any atom is -0.870 e. The summed E-state index contributed by atoms with van der Waals surface area (Å²) in [6.07, 6.45) is 0.289. The first-order valence-corrected chi connectivity index (χ1v) is 13.3. The van der Waals surface area contributed by atoms with Gasteiger partial charge in [0.25, 0.3) is 16.0 Å². The van der Waals surface area contributed by atoms with Gasteiger partial charge in [0.1, 0.15) is 16.3 Å². The number of halogens is 2. The molecule has 2 N–H and O–H groups in total. The molecule has 0 aliphatic heterocycles. The Morgan fingerprint density at radius 2 is 1.79 bits per heavy atom. The maximum Gasteiger partial charge on any atom is 1.00 e. The molecule has 9 nitrogen and oxygen atoms in total. The number of rotatable bonds is 7. The third kappa shape index (κ3) is 6.55. The van der Waals surface area contributed by atoms with Crippen molar-refractivity contribution in [1.29, 1.82) is 0 Å². The second kappa shape index (κ2) is 12.6. The number of aryl methyl sites for hydroxylation is 1. The van der Waals surface area contributed by atoms with Crippen LogP contribution >= 0.6 is 23.2 Å². The van der Waals surface area contributed by atoms with Crippen LogP contribution in [0.1, 0.15) is 22.8 Å². The summed E-state index contributed by atoms with van der Waals surface area (Å²) in [5.41, 5.74) is 0.155. The van der Waals surface area contributed by atoms with Crippen LogP contribution in [0.15, 0.2) is 75.8 Å². The Kier molecular flexibility index (Phi) is 10.0. The fourth-order valence-corrected chi connectivity index (χ4v) is 5.41. The molecule has 4 rings (SSSR count).